The van der Waals surface area contributed by atoms with Gasteiger partial charge >= 0.3 is 0 Å². The van der Waals surface area contributed by atoms with Gasteiger partial charge in [-0.2, -0.15) is 15.4 Å². The third-order valence-corrected chi connectivity index (χ3v) is 3.82. The van der Waals surface area contributed by atoms with Crippen molar-refractivity contribution in [2.45, 2.75) is 12.0 Å². The van der Waals surface area contributed by atoms with Gasteiger partial charge in [0.05, 0.1) is 23.8 Å². The molecule has 3 aromatic rings. The average Bonchev–Trinajstić information content (AvgIpc) is 3.18. The van der Waals surface area contributed by atoms with Crippen molar-refractivity contribution < 1.29 is 5.11 Å². The molecule has 2 aromatic heterocycles. The van der Waals surface area contributed by atoms with Crippen LogP contribution in [-0.4, -0.2) is 43.6 Å². The van der Waals surface area contributed by atoms with Crippen molar-refractivity contribution in [1.29, 1.82) is 0 Å². The molecule has 7 nitrogen and oxygen atoms in total. The number of benzene rings is 1. The number of H-pyrrole nitrogens is 2. The van der Waals surface area contributed by atoms with Crippen LogP contribution < -0.4 is 4.90 Å². The predicted octanol–water partition coefficient (Wildman–Crippen LogP) is 0.779. The molecule has 1 atom stereocenters. The molecule has 1 saturated heterocycles. The van der Waals surface area contributed by atoms with E-state index in [0.717, 1.165) is 23.5 Å². The van der Waals surface area contributed by atoms with Gasteiger partial charge < -0.3 is 15.0 Å². The van der Waals surface area contributed by atoms with Gasteiger partial charge in [0.15, 0.2) is 0 Å². The van der Waals surface area contributed by atoms with Crippen molar-refractivity contribution in [3.05, 3.63) is 36.2 Å². The van der Waals surface area contributed by atoms with Crippen LogP contribution in [0.2, 0.25) is 0 Å². The van der Waals surface area contributed by atoms with E-state index in [9.17, 15) is 5.11 Å². The fourth-order valence-electron chi connectivity index (χ4n) is 2.70. The minimum Gasteiger partial charge on any atom is -0.381 e. The van der Waals surface area contributed by atoms with Gasteiger partial charge in [-0.1, -0.05) is 12.1 Å². The summed E-state index contributed by atoms with van der Waals surface area (Å²) in [5.74, 6) is 0.783. The minimum atomic E-state index is -0.966. The van der Waals surface area contributed by atoms with Crippen LogP contribution >= 0.6 is 0 Å². The SMILES string of the molecule is OC1(c2cn[nH]n2)CCN(c2nc3ccccc3[nH]2)C1. The van der Waals surface area contributed by atoms with Gasteiger partial charge in [-0.3, -0.25) is 0 Å². The number of aromatic amines is 2. The Morgan fingerprint density at radius 1 is 1.30 bits per heavy atom. The Labute approximate surface area is 114 Å². The maximum atomic E-state index is 10.7. The highest BCUT2D eigenvalue weighted by atomic mass is 16.3. The summed E-state index contributed by atoms with van der Waals surface area (Å²) >= 11 is 0. The van der Waals surface area contributed by atoms with E-state index in [0.29, 0.717) is 18.7 Å². The number of hydrogen-bond donors (Lipinski definition) is 3. The molecule has 0 bridgehead atoms. The second-order valence-corrected chi connectivity index (χ2v) is 5.14. The molecule has 1 aromatic carbocycles. The maximum absolute atomic E-state index is 10.7. The zero-order valence-electron chi connectivity index (χ0n) is 10.7. The van der Waals surface area contributed by atoms with Gasteiger partial charge in [-0.25, -0.2) is 4.98 Å². The van der Waals surface area contributed by atoms with Crippen molar-refractivity contribution in [2.75, 3.05) is 18.0 Å². The molecular weight excluding hydrogens is 256 g/mol. The van der Waals surface area contributed by atoms with Crippen LogP contribution in [0, 0.1) is 0 Å². The van der Waals surface area contributed by atoms with Crippen molar-refractivity contribution >= 4 is 17.0 Å². The molecule has 0 radical (unpaired) electrons. The number of aromatic nitrogens is 5. The third kappa shape index (κ3) is 1.67. The molecule has 1 fully saturated rings. The molecular formula is C13H14N6O. The van der Waals surface area contributed by atoms with Crippen molar-refractivity contribution in [3.8, 4) is 0 Å². The monoisotopic (exact) mass is 270 g/mol. The van der Waals surface area contributed by atoms with Crippen LogP contribution in [-0.2, 0) is 5.60 Å². The summed E-state index contributed by atoms with van der Waals surface area (Å²) in [6.07, 6.45) is 2.18. The minimum absolute atomic E-state index is 0.458. The van der Waals surface area contributed by atoms with Crippen LogP contribution in [0.1, 0.15) is 12.1 Å². The molecule has 1 aliphatic rings. The molecule has 102 valence electrons. The first-order valence-corrected chi connectivity index (χ1v) is 6.53. The molecule has 0 amide bonds. The zero-order chi connectivity index (χ0) is 13.6. The topological polar surface area (TPSA) is 93.7 Å². The summed E-state index contributed by atoms with van der Waals surface area (Å²) < 4.78 is 0. The largest absolute Gasteiger partial charge is 0.381 e. The summed E-state index contributed by atoms with van der Waals surface area (Å²) in [4.78, 5) is 9.87. The molecule has 3 N–H and O–H groups in total. The number of para-hydroxylation sites is 2. The van der Waals surface area contributed by atoms with Crippen LogP contribution in [0.25, 0.3) is 11.0 Å². The first-order chi connectivity index (χ1) is 9.74. The number of hydrogen-bond acceptors (Lipinski definition) is 5. The molecule has 4 rings (SSSR count). The number of imidazole rings is 1. The highest BCUT2D eigenvalue weighted by molar-refractivity contribution is 5.77. The lowest BCUT2D eigenvalue weighted by molar-refractivity contribution is 0.0559. The Balaban J connectivity index is 1.65. The maximum Gasteiger partial charge on any atom is 0.203 e. The van der Waals surface area contributed by atoms with Crippen LogP contribution in [0.3, 0.4) is 0 Å². The van der Waals surface area contributed by atoms with Crippen LogP contribution in [0.5, 0.6) is 0 Å². The zero-order valence-corrected chi connectivity index (χ0v) is 10.7. The van der Waals surface area contributed by atoms with Gasteiger partial charge in [0, 0.05) is 13.0 Å². The van der Waals surface area contributed by atoms with Gasteiger partial charge in [-0.05, 0) is 12.1 Å². The summed E-state index contributed by atoms with van der Waals surface area (Å²) in [6.45, 7) is 1.18. The highest BCUT2D eigenvalue weighted by Crippen LogP contribution is 2.32. The second-order valence-electron chi connectivity index (χ2n) is 5.14. The quantitative estimate of drug-likeness (QED) is 0.639. The fourth-order valence-corrected chi connectivity index (χ4v) is 2.70. The fraction of sp³-hybridized carbons (Fsp3) is 0.308. The lowest BCUT2D eigenvalue weighted by atomic mass is 10.0. The standard InChI is InChI=1S/C13H14N6O/c20-13(11-7-14-18-17-11)5-6-19(8-13)12-15-9-3-1-2-4-10(9)16-12/h1-4,7,20H,5-6,8H2,(H,15,16)(H,14,17,18). The second kappa shape index (κ2) is 4.04. The molecule has 1 unspecified atom stereocenters. The normalized spacial score (nSPS) is 22.8. The van der Waals surface area contributed by atoms with Crippen LogP contribution in [0.15, 0.2) is 30.5 Å². The van der Waals surface area contributed by atoms with Gasteiger partial charge in [0.1, 0.15) is 11.3 Å². The highest BCUT2D eigenvalue weighted by Gasteiger charge is 2.40. The van der Waals surface area contributed by atoms with Gasteiger partial charge in [-0.15, -0.1) is 0 Å². The molecule has 20 heavy (non-hydrogen) atoms. The van der Waals surface area contributed by atoms with E-state index in [1.807, 2.05) is 29.2 Å². The first kappa shape index (κ1) is 11.4. The van der Waals surface area contributed by atoms with E-state index >= 15 is 0 Å². The Bertz CT molecular complexity index is 703. The summed E-state index contributed by atoms with van der Waals surface area (Å²) in [5.41, 5.74) is 1.54. The molecule has 0 aliphatic carbocycles. The Morgan fingerprint density at radius 2 is 2.20 bits per heavy atom. The molecule has 7 heteroatoms. The molecule has 3 heterocycles. The first-order valence-electron chi connectivity index (χ1n) is 6.53. The van der Waals surface area contributed by atoms with Gasteiger partial charge in [0.25, 0.3) is 0 Å². The van der Waals surface area contributed by atoms with Crippen molar-refractivity contribution in [2.24, 2.45) is 0 Å². The van der Waals surface area contributed by atoms with Crippen molar-refractivity contribution in [3.63, 3.8) is 0 Å². The number of aliphatic hydroxyl groups is 1. The average molecular weight is 270 g/mol. The van der Waals surface area contributed by atoms with Crippen molar-refractivity contribution in [1.82, 2.24) is 25.4 Å². The van der Waals surface area contributed by atoms with E-state index < -0.39 is 5.60 Å². The lowest BCUT2D eigenvalue weighted by Crippen LogP contribution is -2.31. The number of rotatable bonds is 2. The van der Waals surface area contributed by atoms with Gasteiger partial charge in [0.2, 0.25) is 5.95 Å². The van der Waals surface area contributed by atoms with E-state index in [1.165, 1.54) is 0 Å². The van der Waals surface area contributed by atoms with E-state index in [2.05, 4.69) is 25.4 Å². The number of anilines is 1. The summed E-state index contributed by atoms with van der Waals surface area (Å²) in [7, 11) is 0. The summed E-state index contributed by atoms with van der Waals surface area (Å²) in [6, 6.07) is 7.89. The molecule has 0 saturated carbocycles. The van der Waals surface area contributed by atoms with E-state index in [1.54, 1.807) is 6.20 Å². The Hall–Kier alpha value is -2.41. The smallest absolute Gasteiger partial charge is 0.203 e. The number of β-amino-alcohol motifs (C(OH)–C–C–N with tert-alkyl or cyclic N) is 1. The van der Waals surface area contributed by atoms with Crippen LogP contribution in [0.4, 0.5) is 5.95 Å². The van der Waals surface area contributed by atoms with E-state index in [4.69, 9.17) is 0 Å². The van der Waals surface area contributed by atoms with E-state index in [-0.39, 0.29) is 0 Å². The number of fused-ring (bicyclic) bond motifs is 1. The Kier molecular flexibility index (Phi) is 2.31. The summed E-state index contributed by atoms with van der Waals surface area (Å²) in [5, 5.41) is 21.0. The molecule has 0 spiro atoms. The lowest BCUT2D eigenvalue weighted by Gasteiger charge is -2.20. The number of nitrogens with one attached hydrogen (secondary N) is 2. The molecule has 1 aliphatic heterocycles. The predicted molar refractivity (Wildman–Crippen MR) is 73.2 cm³/mol. The number of nitrogens with zero attached hydrogens (tertiary/aromatic N) is 4. The third-order valence-electron chi connectivity index (χ3n) is 3.82. The Morgan fingerprint density at radius 3 is 3.00 bits per heavy atom.